The summed E-state index contributed by atoms with van der Waals surface area (Å²) in [5.41, 5.74) is 12.2. The standard InChI is InChI=1S/C44H62FNO2/c1-29(2)32-17-24-44(46)26-25-41(6)34(37(32)44)13-14-36-40(5)20-18-33(39(3,4)35(40)19-21-42(36,41)7)31-15-22-43(28-45,23-16-31)38(47)48-27-30-11-9-8-10-12-30/h8-12,15,18,32,34-37H,1,13-14,16-17,19-28,46H2,2-7H3/t32?,34-,35?,36+,37?,40+,41-,42-,43+,44+/m1/s1. The Hall–Kier alpha value is -2.20. The fourth-order valence-corrected chi connectivity index (χ4v) is 13.7. The minimum atomic E-state index is -1.07. The Kier molecular flexibility index (Phi) is 8.33. The van der Waals surface area contributed by atoms with E-state index in [1.165, 1.54) is 68.1 Å². The summed E-state index contributed by atoms with van der Waals surface area (Å²) in [7, 11) is 0. The van der Waals surface area contributed by atoms with Gasteiger partial charge in [0.1, 0.15) is 13.3 Å². The van der Waals surface area contributed by atoms with Crippen LogP contribution in [0.1, 0.15) is 124 Å². The van der Waals surface area contributed by atoms with Crippen LogP contribution in [0.2, 0.25) is 0 Å². The van der Waals surface area contributed by atoms with Gasteiger partial charge in [0.25, 0.3) is 0 Å². The molecule has 6 aliphatic rings. The first kappa shape index (κ1) is 34.3. The second-order valence-electron chi connectivity index (χ2n) is 18.9. The normalized spacial score (nSPS) is 44.6. The number of hydrogen-bond acceptors (Lipinski definition) is 3. The smallest absolute Gasteiger partial charge is 0.315 e. The maximum Gasteiger partial charge on any atom is 0.315 e. The average molecular weight is 656 g/mol. The second-order valence-corrected chi connectivity index (χ2v) is 18.9. The third-order valence-corrected chi connectivity index (χ3v) is 16.6. The van der Waals surface area contributed by atoms with E-state index in [0.29, 0.717) is 53.3 Å². The zero-order valence-electron chi connectivity index (χ0n) is 30.8. The molecule has 4 fully saturated rings. The molecule has 48 heavy (non-hydrogen) atoms. The summed E-state index contributed by atoms with van der Waals surface area (Å²) in [6.45, 7) is 19.3. The van der Waals surface area contributed by atoms with Gasteiger partial charge in [0.2, 0.25) is 0 Å². The Morgan fingerprint density at radius 1 is 0.896 bits per heavy atom. The van der Waals surface area contributed by atoms with Crippen molar-refractivity contribution < 1.29 is 13.9 Å². The maximum absolute atomic E-state index is 14.6. The van der Waals surface area contributed by atoms with Crippen molar-refractivity contribution >= 4 is 5.97 Å². The Morgan fingerprint density at radius 2 is 1.65 bits per heavy atom. The molecular weight excluding hydrogens is 593 g/mol. The summed E-state index contributed by atoms with van der Waals surface area (Å²) < 4.78 is 20.3. The molecular formula is C44H62FNO2. The van der Waals surface area contributed by atoms with Crippen LogP contribution in [-0.2, 0) is 16.1 Å². The average Bonchev–Trinajstić information content (AvgIpc) is 3.42. The highest BCUT2D eigenvalue weighted by Crippen LogP contribution is 2.76. The molecule has 6 aliphatic carbocycles. The molecule has 3 unspecified atom stereocenters. The Balaban J connectivity index is 1.12. The molecule has 2 N–H and O–H groups in total. The van der Waals surface area contributed by atoms with Crippen LogP contribution in [0.4, 0.5) is 4.39 Å². The highest BCUT2D eigenvalue weighted by atomic mass is 19.1. The van der Waals surface area contributed by atoms with Gasteiger partial charge < -0.3 is 10.5 Å². The van der Waals surface area contributed by atoms with E-state index in [2.05, 4.69) is 60.3 Å². The number of fused-ring (bicyclic) bond motifs is 7. The van der Waals surface area contributed by atoms with Gasteiger partial charge in [0.05, 0.1) is 5.41 Å². The Bertz CT molecular complexity index is 1510. The summed E-state index contributed by atoms with van der Waals surface area (Å²) in [6, 6.07) is 9.68. The Morgan fingerprint density at radius 3 is 2.31 bits per heavy atom. The fraction of sp³-hybridized carbons (Fsp3) is 0.705. The number of benzene rings is 1. The van der Waals surface area contributed by atoms with Gasteiger partial charge >= 0.3 is 5.97 Å². The molecule has 0 amide bonds. The summed E-state index contributed by atoms with van der Waals surface area (Å²) in [5, 5.41) is 0. The van der Waals surface area contributed by atoms with Crippen LogP contribution in [0.25, 0.3) is 0 Å². The number of alkyl halides is 1. The van der Waals surface area contributed by atoms with Gasteiger partial charge in [-0.15, -0.1) is 0 Å². The SMILES string of the molecule is C=C(C)C1CC[C@]2(N)CC[C@]3(C)[C@H](CC[C@H]4[C@@]5(C)CC=C(C6=CC[C@](CF)(C(=O)OCc7ccccc7)CC6)C(C)(C)C5CC[C@]43C)C12. The summed E-state index contributed by atoms with van der Waals surface area (Å²) in [5.74, 6) is 2.74. The van der Waals surface area contributed by atoms with Gasteiger partial charge in [0.15, 0.2) is 0 Å². The van der Waals surface area contributed by atoms with Crippen LogP contribution < -0.4 is 5.73 Å². The minimum Gasteiger partial charge on any atom is -0.460 e. The van der Waals surface area contributed by atoms with Gasteiger partial charge in [0, 0.05) is 5.54 Å². The molecule has 4 saturated carbocycles. The van der Waals surface area contributed by atoms with Crippen molar-refractivity contribution in [2.24, 2.45) is 62.4 Å². The molecule has 262 valence electrons. The van der Waals surface area contributed by atoms with Gasteiger partial charge in [-0.3, -0.25) is 4.79 Å². The lowest BCUT2D eigenvalue weighted by Crippen LogP contribution is -2.67. The molecule has 4 heteroatoms. The third kappa shape index (κ3) is 4.84. The van der Waals surface area contributed by atoms with Gasteiger partial charge in [-0.05, 0) is 152 Å². The lowest BCUT2D eigenvalue weighted by atomic mass is 9.33. The van der Waals surface area contributed by atoms with Crippen LogP contribution in [-0.4, -0.2) is 18.2 Å². The van der Waals surface area contributed by atoms with Crippen molar-refractivity contribution in [2.75, 3.05) is 6.67 Å². The van der Waals surface area contributed by atoms with E-state index in [1.807, 2.05) is 30.3 Å². The minimum absolute atomic E-state index is 0.00531. The van der Waals surface area contributed by atoms with Crippen LogP contribution >= 0.6 is 0 Å². The zero-order valence-corrected chi connectivity index (χ0v) is 30.8. The lowest BCUT2D eigenvalue weighted by molar-refractivity contribution is -0.219. The number of carbonyl (C=O) groups excluding carboxylic acids is 1. The van der Waals surface area contributed by atoms with Crippen molar-refractivity contribution in [3.63, 3.8) is 0 Å². The van der Waals surface area contributed by atoms with Crippen LogP contribution in [0.5, 0.6) is 0 Å². The van der Waals surface area contributed by atoms with Gasteiger partial charge in [-0.1, -0.05) is 89.3 Å². The first-order chi connectivity index (χ1) is 22.7. The number of nitrogens with two attached hydrogens (primary N) is 1. The van der Waals surface area contributed by atoms with E-state index in [4.69, 9.17) is 10.5 Å². The summed E-state index contributed by atoms with van der Waals surface area (Å²) in [6.07, 6.45) is 17.5. The number of rotatable bonds is 6. The molecule has 0 heterocycles. The van der Waals surface area contributed by atoms with Crippen LogP contribution in [0.15, 0.2) is 65.8 Å². The van der Waals surface area contributed by atoms with E-state index in [1.54, 1.807) is 0 Å². The largest absolute Gasteiger partial charge is 0.460 e. The van der Waals surface area contributed by atoms with Crippen molar-refractivity contribution in [1.82, 2.24) is 0 Å². The number of allylic oxidation sites excluding steroid dienone is 5. The lowest BCUT2D eigenvalue weighted by Gasteiger charge is -2.72. The molecule has 0 aromatic heterocycles. The molecule has 1 aromatic rings. The first-order valence-corrected chi connectivity index (χ1v) is 19.3. The monoisotopic (exact) mass is 655 g/mol. The topological polar surface area (TPSA) is 52.3 Å². The quantitative estimate of drug-likeness (QED) is 0.245. The van der Waals surface area contributed by atoms with E-state index in [0.717, 1.165) is 18.4 Å². The zero-order chi connectivity index (χ0) is 34.3. The van der Waals surface area contributed by atoms with E-state index < -0.39 is 18.1 Å². The molecule has 0 aliphatic heterocycles. The molecule has 3 nitrogen and oxygen atoms in total. The first-order valence-electron chi connectivity index (χ1n) is 19.3. The number of halogens is 1. The van der Waals surface area contributed by atoms with Gasteiger partial charge in [-0.25, -0.2) is 4.39 Å². The molecule has 10 atom stereocenters. The third-order valence-electron chi connectivity index (χ3n) is 16.6. The number of esters is 1. The number of carbonyl (C=O) groups is 1. The predicted octanol–water partition coefficient (Wildman–Crippen LogP) is 10.7. The van der Waals surface area contributed by atoms with Crippen molar-refractivity contribution in [3.05, 3.63) is 71.3 Å². The number of ether oxygens (including phenoxy) is 1. The van der Waals surface area contributed by atoms with Gasteiger partial charge in [-0.2, -0.15) is 0 Å². The summed E-state index contributed by atoms with van der Waals surface area (Å²) >= 11 is 0. The van der Waals surface area contributed by atoms with E-state index >= 15 is 0 Å². The molecule has 7 rings (SSSR count). The highest BCUT2D eigenvalue weighted by molar-refractivity contribution is 5.78. The molecule has 0 radical (unpaired) electrons. The highest BCUT2D eigenvalue weighted by Gasteiger charge is 2.70. The fourth-order valence-electron chi connectivity index (χ4n) is 13.7. The molecule has 0 bridgehead atoms. The molecule has 0 spiro atoms. The second kappa shape index (κ2) is 11.7. The maximum atomic E-state index is 14.6. The Labute approximate surface area is 290 Å². The molecule has 0 saturated heterocycles. The van der Waals surface area contributed by atoms with Crippen molar-refractivity contribution in [2.45, 2.75) is 131 Å². The van der Waals surface area contributed by atoms with Crippen molar-refractivity contribution in [1.29, 1.82) is 0 Å². The van der Waals surface area contributed by atoms with E-state index in [-0.39, 0.29) is 23.0 Å². The van der Waals surface area contributed by atoms with Crippen LogP contribution in [0, 0.1) is 56.7 Å². The van der Waals surface area contributed by atoms with Crippen molar-refractivity contribution in [3.8, 4) is 0 Å². The predicted molar refractivity (Wildman–Crippen MR) is 194 cm³/mol. The molecule has 1 aromatic carbocycles. The number of hydrogen-bond donors (Lipinski definition) is 1. The van der Waals surface area contributed by atoms with Crippen LogP contribution in [0.3, 0.4) is 0 Å². The van der Waals surface area contributed by atoms with E-state index in [9.17, 15) is 9.18 Å². The summed E-state index contributed by atoms with van der Waals surface area (Å²) in [4.78, 5) is 13.3.